The lowest BCUT2D eigenvalue weighted by Gasteiger charge is -2.20. The normalized spacial score (nSPS) is 16.2. The Morgan fingerprint density at radius 3 is 2.71 bits per heavy atom. The Bertz CT molecular complexity index is 908. The van der Waals surface area contributed by atoms with Crippen LogP contribution >= 0.6 is 11.3 Å². The Morgan fingerprint density at radius 2 is 2.00 bits per heavy atom. The van der Waals surface area contributed by atoms with Crippen LogP contribution in [0.15, 0.2) is 36.8 Å². The van der Waals surface area contributed by atoms with Crippen LogP contribution in [-0.2, 0) is 6.54 Å². The van der Waals surface area contributed by atoms with Crippen molar-refractivity contribution in [3.05, 3.63) is 57.8 Å². The van der Waals surface area contributed by atoms with Crippen LogP contribution in [0.1, 0.15) is 38.8 Å². The molecule has 1 atom stereocenters. The average molecular weight is 337 g/mol. The molecule has 3 aromatic heterocycles. The molecule has 3 aromatic rings. The van der Waals surface area contributed by atoms with Gasteiger partial charge in [-0.05, 0) is 32.0 Å². The predicted molar refractivity (Wildman–Crippen MR) is 90.4 cm³/mol. The highest BCUT2D eigenvalue weighted by molar-refractivity contribution is 7.13. The largest absolute Gasteiger partial charge is 0.325 e. The lowest BCUT2D eigenvalue weighted by molar-refractivity contribution is 0.0709. The molecule has 1 aliphatic rings. The smallest absolute Gasteiger partial charge is 0.264 e. The van der Waals surface area contributed by atoms with E-state index in [0.29, 0.717) is 18.2 Å². The molecule has 1 aliphatic heterocycles. The molecule has 0 aromatic carbocycles. The number of amides is 1. The number of thiophene rings is 1. The molecule has 1 amide bonds. The molecule has 120 valence electrons. The number of fused-ring (bicyclic) bond motifs is 1. The van der Waals surface area contributed by atoms with Crippen LogP contribution in [0.3, 0.4) is 0 Å². The summed E-state index contributed by atoms with van der Waals surface area (Å²) in [5, 5.41) is 0. The minimum absolute atomic E-state index is 0.0381. The Kier molecular flexibility index (Phi) is 3.57. The van der Waals surface area contributed by atoms with E-state index in [1.54, 1.807) is 24.7 Å². The minimum Gasteiger partial charge on any atom is -0.325 e. The van der Waals surface area contributed by atoms with Gasteiger partial charge in [0, 0.05) is 29.0 Å². The van der Waals surface area contributed by atoms with E-state index in [-0.39, 0.29) is 11.9 Å². The summed E-state index contributed by atoms with van der Waals surface area (Å²) in [6, 6.07) is 5.56. The quantitative estimate of drug-likeness (QED) is 0.719. The van der Waals surface area contributed by atoms with Crippen molar-refractivity contribution >= 4 is 17.2 Å². The lowest BCUT2D eigenvalue weighted by Crippen LogP contribution is -2.27. The highest BCUT2D eigenvalue weighted by Crippen LogP contribution is 2.34. The first-order chi connectivity index (χ1) is 11.6. The highest BCUT2D eigenvalue weighted by atomic mass is 32.1. The van der Waals surface area contributed by atoms with Crippen molar-refractivity contribution in [3.63, 3.8) is 0 Å². The van der Waals surface area contributed by atoms with Gasteiger partial charge in [0.25, 0.3) is 5.91 Å². The van der Waals surface area contributed by atoms with Gasteiger partial charge in [0.1, 0.15) is 0 Å². The Labute approximate surface area is 143 Å². The number of aromatic nitrogens is 4. The van der Waals surface area contributed by atoms with Gasteiger partial charge in [-0.1, -0.05) is 0 Å². The monoisotopic (exact) mass is 337 g/mol. The summed E-state index contributed by atoms with van der Waals surface area (Å²) in [5.41, 5.74) is 1.85. The van der Waals surface area contributed by atoms with Gasteiger partial charge in [0.05, 0.1) is 23.2 Å². The average Bonchev–Trinajstić information content (AvgIpc) is 3.19. The molecule has 0 N–H and O–H groups in total. The van der Waals surface area contributed by atoms with Crippen LogP contribution in [0.5, 0.6) is 0 Å². The van der Waals surface area contributed by atoms with Crippen molar-refractivity contribution in [2.75, 3.05) is 0 Å². The van der Waals surface area contributed by atoms with E-state index in [2.05, 4.69) is 19.9 Å². The fourth-order valence-corrected chi connectivity index (χ4v) is 3.65. The first-order valence-corrected chi connectivity index (χ1v) is 8.46. The number of hydrogen-bond donors (Lipinski definition) is 0. The van der Waals surface area contributed by atoms with Crippen molar-refractivity contribution in [2.24, 2.45) is 0 Å². The first kappa shape index (κ1) is 14.9. The molecular formula is C17H15N5OS. The number of nitrogens with zero attached hydrogens (tertiary/aromatic N) is 5. The maximum absolute atomic E-state index is 12.8. The summed E-state index contributed by atoms with van der Waals surface area (Å²) in [6.07, 6.45) is 5.11. The van der Waals surface area contributed by atoms with Crippen molar-refractivity contribution in [2.45, 2.75) is 26.4 Å². The minimum atomic E-state index is -0.0411. The third-order valence-electron chi connectivity index (χ3n) is 4.12. The van der Waals surface area contributed by atoms with E-state index in [4.69, 9.17) is 0 Å². The van der Waals surface area contributed by atoms with Gasteiger partial charge in [0.15, 0.2) is 11.6 Å². The molecule has 0 saturated heterocycles. The summed E-state index contributed by atoms with van der Waals surface area (Å²) in [6.45, 7) is 4.49. The van der Waals surface area contributed by atoms with Crippen molar-refractivity contribution in [1.29, 1.82) is 0 Å². The van der Waals surface area contributed by atoms with Crippen molar-refractivity contribution in [1.82, 2.24) is 24.8 Å². The van der Waals surface area contributed by atoms with Gasteiger partial charge >= 0.3 is 0 Å². The standard InChI is InChI=1S/C17H15N5OS/c1-10-4-5-14(24-10)17(23)22-9-13-12(11(22)2)8-20-16(21-13)15-18-6-3-7-19-15/h3-8,11H,9H2,1-2H3. The topological polar surface area (TPSA) is 71.9 Å². The zero-order valence-electron chi connectivity index (χ0n) is 13.3. The molecule has 1 unspecified atom stereocenters. The molecule has 6 nitrogen and oxygen atoms in total. The molecule has 0 radical (unpaired) electrons. The van der Waals surface area contributed by atoms with E-state index < -0.39 is 0 Å². The van der Waals surface area contributed by atoms with Gasteiger partial charge in [-0.15, -0.1) is 11.3 Å². The summed E-state index contributed by atoms with van der Waals surface area (Å²) in [5.74, 6) is 1.02. The SMILES string of the molecule is Cc1ccc(C(=O)N2Cc3nc(-c4ncccn4)ncc3C2C)s1. The Morgan fingerprint density at radius 1 is 1.21 bits per heavy atom. The molecule has 7 heteroatoms. The molecule has 0 fully saturated rings. The lowest BCUT2D eigenvalue weighted by atomic mass is 10.1. The fourth-order valence-electron chi connectivity index (χ4n) is 2.83. The van der Waals surface area contributed by atoms with Gasteiger partial charge in [0.2, 0.25) is 0 Å². The Balaban J connectivity index is 1.65. The summed E-state index contributed by atoms with van der Waals surface area (Å²) in [4.78, 5) is 33.8. The number of hydrogen-bond acceptors (Lipinski definition) is 6. The summed E-state index contributed by atoms with van der Waals surface area (Å²) in [7, 11) is 0. The second-order valence-electron chi connectivity index (χ2n) is 5.69. The number of carbonyl (C=O) groups excluding carboxylic acids is 1. The van der Waals surface area contributed by atoms with Crippen LogP contribution < -0.4 is 0 Å². The van der Waals surface area contributed by atoms with E-state index in [1.165, 1.54) is 11.3 Å². The van der Waals surface area contributed by atoms with E-state index >= 15 is 0 Å². The van der Waals surface area contributed by atoms with Crippen molar-refractivity contribution in [3.8, 4) is 11.6 Å². The molecular weight excluding hydrogens is 322 g/mol. The van der Waals surface area contributed by atoms with Gasteiger partial charge < -0.3 is 4.90 Å². The maximum atomic E-state index is 12.8. The van der Waals surface area contributed by atoms with E-state index in [0.717, 1.165) is 21.0 Å². The third-order valence-corrected chi connectivity index (χ3v) is 5.10. The molecule has 0 spiro atoms. The summed E-state index contributed by atoms with van der Waals surface area (Å²) < 4.78 is 0. The van der Waals surface area contributed by atoms with Gasteiger partial charge in [-0.25, -0.2) is 19.9 Å². The molecule has 4 heterocycles. The van der Waals surface area contributed by atoms with Crippen LogP contribution in [0.2, 0.25) is 0 Å². The van der Waals surface area contributed by atoms with Crippen LogP contribution in [-0.4, -0.2) is 30.7 Å². The molecule has 24 heavy (non-hydrogen) atoms. The molecule has 0 bridgehead atoms. The summed E-state index contributed by atoms with van der Waals surface area (Å²) >= 11 is 1.52. The molecule has 0 saturated carbocycles. The predicted octanol–water partition coefficient (Wildman–Crippen LogP) is 3.02. The molecule has 0 aliphatic carbocycles. The zero-order chi connectivity index (χ0) is 16.7. The van der Waals surface area contributed by atoms with Gasteiger partial charge in [-0.3, -0.25) is 4.79 Å². The second kappa shape index (κ2) is 5.76. The van der Waals surface area contributed by atoms with E-state index in [9.17, 15) is 4.79 Å². The van der Waals surface area contributed by atoms with Crippen LogP contribution in [0.25, 0.3) is 11.6 Å². The van der Waals surface area contributed by atoms with Gasteiger partial charge in [-0.2, -0.15) is 0 Å². The van der Waals surface area contributed by atoms with Crippen LogP contribution in [0.4, 0.5) is 0 Å². The number of carbonyl (C=O) groups is 1. The maximum Gasteiger partial charge on any atom is 0.264 e. The number of rotatable bonds is 2. The Hall–Kier alpha value is -2.67. The van der Waals surface area contributed by atoms with Crippen molar-refractivity contribution < 1.29 is 4.79 Å². The van der Waals surface area contributed by atoms with Crippen LogP contribution in [0, 0.1) is 6.92 Å². The zero-order valence-corrected chi connectivity index (χ0v) is 14.1. The van der Waals surface area contributed by atoms with E-state index in [1.807, 2.05) is 30.9 Å². The number of aryl methyl sites for hydroxylation is 1. The molecule has 4 rings (SSSR count). The third kappa shape index (κ3) is 2.46. The first-order valence-electron chi connectivity index (χ1n) is 7.64. The second-order valence-corrected chi connectivity index (χ2v) is 6.98. The highest BCUT2D eigenvalue weighted by Gasteiger charge is 2.33. The fraction of sp³-hybridized carbons (Fsp3) is 0.235.